The third kappa shape index (κ3) is 9.50. The number of rotatable bonds is 5. The monoisotopic (exact) mass is 382 g/mol. The van der Waals surface area contributed by atoms with Crippen molar-refractivity contribution in [1.82, 2.24) is 0 Å². The SMILES string of the molecule is C=C(C)C(=O)OC1CCC(CO)CC1.O=S(=O)(O)C=Cc1ccccc1. The molecule has 0 aliphatic heterocycles. The van der Waals surface area contributed by atoms with E-state index in [1.807, 2.05) is 6.07 Å². The van der Waals surface area contributed by atoms with Crippen molar-refractivity contribution >= 4 is 22.2 Å². The number of hydrogen-bond donors (Lipinski definition) is 2. The zero-order valence-corrected chi connectivity index (χ0v) is 15.7. The van der Waals surface area contributed by atoms with E-state index in [0.717, 1.165) is 36.7 Å². The molecule has 0 heterocycles. The highest BCUT2D eigenvalue weighted by Crippen LogP contribution is 2.26. The summed E-state index contributed by atoms with van der Waals surface area (Å²) in [5.74, 6) is 0.104. The number of ether oxygens (including phenoxy) is 1. The normalized spacial score (nSPS) is 20.1. The number of hydrogen-bond acceptors (Lipinski definition) is 5. The van der Waals surface area contributed by atoms with E-state index in [1.165, 1.54) is 6.08 Å². The molecule has 0 aromatic heterocycles. The number of esters is 1. The van der Waals surface area contributed by atoms with Gasteiger partial charge in [0.05, 0.1) is 5.41 Å². The van der Waals surface area contributed by atoms with E-state index in [9.17, 15) is 13.2 Å². The molecule has 0 saturated heterocycles. The van der Waals surface area contributed by atoms with Crippen LogP contribution in [-0.4, -0.2) is 36.8 Å². The fourth-order valence-electron chi connectivity index (χ4n) is 2.41. The van der Waals surface area contributed by atoms with Gasteiger partial charge in [-0.15, -0.1) is 0 Å². The molecule has 6 nitrogen and oxygen atoms in total. The highest BCUT2D eigenvalue weighted by molar-refractivity contribution is 7.88. The fraction of sp³-hybridized carbons (Fsp3) is 0.421. The van der Waals surface area contributed by atoms with Crippen LogP contribution in [0.1, 0.15) is 38.2 Å². The second-order valence-corrected chi connectivity index (χ2v) is 7.54. The van der Waals surface area contributed by atoms with E-state index >= 15 is 0 Å². The minimum absolute atomic E-state index is 0.0296. The zero-order valence-electron chi connectivity index (χ0n) is 14.9. The first-order valence-electron chi connectivity index (χ1n) is 8.39. The van der Waals surface area contributed by atoms with Crippen molar-refractivity contribution in [2.45, 2.75) is 38.7 Å². The zero-order chi connectivity index (χ0) is 19.6. The van der Waals surface area contributed by atoms with Gasteiger partial charge in [-0.25, -0.2) is 4.79 Å². The van der Waals surface area contributed by atoms with Crippen LogP contribution in [0.2, 0.25) is 0 Å². The van der Waals surface area contributed by atoms with Gasteiger partial charge in [0, 0.05) is 12.2 Å². The summed E-state index contributed by atoms with van der Waals surface area (Å²) in [6.07, 6.45) is 4.99. The molecule has 7 heteroatoms. The minimum atomic E-state index is -4.00. The molecular weight excluding hydrogens is 356 g/mol. The minimum Gasteiger partial charge on any atom is -0.459 e. The van der Waals surface area contributed by atoms with Crippen LogP contribution in [0.15, 0.2) is 47.9 Å². The van der Waals surface area contributed by atoms with Crippen LogP contribution in [0.3, 0.4) is 0 Å². The average Bonchev–Trinajstić information content (AvgIpc) is 2.61. The Labute approximate surface area is 154 Å². The summed E-state index contributed by atoms with van der Waals surface area (Å²) in [5, 5.41) is 9.68. The Morgan fingerprint density at radius 1 is 1.23 bits per heavy atom. The molecule has 2 N–H and O–H groups in total. The molecule has 26 heavy (non-hydrogen) atoms. The number of benzene rings is 1. The largest absolute Gasteiger partial charge is 0.459 e. The van der Waals surface area contributed by atoms with Crippen LogP contribution >= 0.6 is 0 Å². The van der Waals surface area contributed by atoms with E-state index in [0.29, 0.717) is 11.5 Å². The van der Waals surface area contributed by atoms with Crippen molar-refractivity contribution in [2.24, 2.45) is 5.92 Å². The molecule has 1 saturated carbocycles. The highest BCUT2D eigenvalue weighted by Gasteiger charge is 2.23. The molecule has 1 aromatic carbocycles. The molecule has 0 atom stereocenters. The van der Waals surface area contributed by atoms with Crippen LogP contribution in [0.4, 0.5) is 0 Å². The Hall–Kier alpha value is -1.96. The molecule has 1 aliphatic rings. The van der Waals surface area contributed by atoms with E-state index in [4.69, 9.17) is 14.4 Å². The maximum Gasteiger partial charge on any atom is 0.333 e. The molecule has 2 rings (SSSR count). The van der Waals surface area contributed by atoms with E-state index in [-0.39, 0.29) is 18.7 Å². The third-order valence-corrected chi connectivity index (χ3v) is 4.39. The highest BCUT2D eigenvalue weighted by atomic mass is 32.2. The lowest BCUT2D eigenvalue weighted by molar-refractivity contribution is -0.146. The van der Waals surface area contributed by atoms with Crippen molar-refractivity contribution in [3.8, 4) is 0 Å². The fourth-order valence-corrected chi connectivity index (χ4v) is 2.74. The van der Waals surface area contributed by atoms with Crippen molar-refractivity contribution in [3.63, 3.8) is 0 Å². The smallest absolute Gasteiger partial charge is 0.333 e. The summed E-state index contributed by atoms with van der Waals surface area (Å²) < 4.78 is 34.1. The Morgan fingerprint density at radius 2 is 1.81 bits per heavy atom. The maximum absolute atomic E-state index is 11.2. The molecular formula is C19H26O6S. The predicted octanol–water partition coefficient (Wildman–Crippen LogP) is 3.20. The van der Waals surface area contributed by atoms with Gasteiger partial charge in [-0.05, 0) is 50.2 Å². The quantitative estimate of drug-likeness (QED) is 0.461. The van der Waals surface area contributed by atoms with Crippen LogP contribution < -0.4 is 0 Å². The van der Waals surface area contributed by atoms with Gasteiger partial charge in [-0.2, -0.15) is 8.42 Å². The summed E-state index contributed by atoms with van der Waals surface area (Å²) in [5.41, 5.74) is 1.18. The van der Waals surface area contributed by atoms with Crippen LogP contribution in [-0.2, 0) is 19.6 Å². The Morgan fingerprint density at radius 3 is 2.27 bits per heavy atom. The van der Waals surface area contributed by atoms with Crippen molar-refractivity contribution < 1.29 is 27.6 Å². The number of carbonyl (C=O) groups is 1. The molecule has 0 amide bonds. The van der Waals surface area contributed by atoms with Gasteiger partial charge >= 0.3 is 5.97 Å². The second kappa shape index (κ2) is 10.9. The van der Waals surface area contributed by atoms with Crippen molar-refractivity contribution in [1.29, 1.82) is 0 Å². The van der Waals surface area contributed by atoms with Gasteiger partial charge in [-0.1, -0.05) is 36.9 Å². The van der Waals surface area contributed by atoms with Gasteiger partial charge in [0.2, 0.25) is 0 Å². The molecule has 0 spiro atoms. The Bertz CT molecular complexity index is 701. The van der Waals surface area contributed by atoms with E-state index in [1.54, 1.807) is 31.2 Å². The summed E-state index contributed by atoms with van der Waals surface area (Å²) in [6.45, 7) is 5.44. The molecule has 0 unspecified atom stereocenters. The Kier molecular flexibility index (Phi) is 9.26. The van der Waals surface area contributed by atoms with Gasteiger partial charge in [-0.3, -0.25) is 4.55 Å². The molecule has 0 radical (unpaired) electrons. The lowest BCUT2D eigenvalue weighted by atomic mass is 9.88. The first-order chi connectivity index (χ1) is 12.2. The van der Waals surface area contributed by atoms with Crippen LogP contribution in [0.25, 0.3) is 6.08 Å². The van der Waals surface area contributed by atoms with Gasteiger partial charge < -0.3 is 9.84 Å². The van der Waals surface area contributed by atoms with Crippen molar-refractivity contribution in [3.05, 3.63) is 53.5 Å². The van der Waals surface area contributed by atoms with Gasteiger partial charge in [0.25, 0.3) is 10.1 Å². The predicted molar refractivity (Wildman–Crippen MR) is 101 cm³/mol. The molecule has 144 valence electrons. The standard InChI is InChI=1S/C11H18O3.C8H8O3S/c1-8(2)11(13)14-10-5-3-9(7-12)4-6-10;9-12(10,11)7-6-8-4-2-1-3-5-8/h9-10,12H,1,3-7H2,2H3;1-7H,(H,9,10,11). The Balaban J connectivity index is 0.000000263. The summed E-state index contributed by atoms with van der Waals surface area (Å²) in [7, 11) is -4.00. The van der Waals surface area contributed by atoms with Crippen molar-refractivity contribution in [2.75, 3.05) is 6.61 Å². The summed E-state index contributed by atoms with van der Waals surface area (Å²) >= 11 is 0. The maximum atomic E-state index is 11.2. The lowest BCUT2D eigenvalue weighted by Gasteiger charge is -2.27. The lowest BCUT2D eigenvalue weighted by Crippen LogP contribution is -2.25. The molecule has 1 fully saturated rings. The van der Waals surface area contributed by atoms with Crippen LogP contribution in [0.5, 0.6) is 0 Å². The second-order valence-electron chi connectivity index (χ2n) is 6.24. The first kappa shape index (κ1) is 22.1. The van der Waals surface area contributed by atoms with E-state index < -0.39 is 10.1 Å². The third-order valence-electron chi connectivity index (χ3n) is 3.91. The number of aliphatic hydroxyl groups is 1. The molecule has 1 aromatic rings. The summed E-state index contributed by atoms with van der Waals surface area (Å²) in [4.78, 5) is 11.2. The first-order valence-corrected chi connectivity index (χ1v) is 9.89. The summed E-state index contributed by atoms with van der Waals surface area (Å²) in [6, 6.07) is 8.86. The number of carbonyl (C=O) groups excluding carboxylic acids is 1. The molecule has 1 aliphatic carbocycles. The molecule has 0 bridgehead atoms. The number of aliphatic hydroxyl groups excluding tert-OH is 1. The van der Waals surface area contributed by atoms with Gasteiger partial charge in [0.1, 0.15) is 6.10 Å². The van der Waals surface area contributed by atoms with E-state index in [2.05, 4.69) is 6.58 Å². The average molecular weight is 382 g/mol. The van der Waals surface area contributed by atoms with Gasteiger partial charge in [0.15, 0.2) is 0 Å². The van der Waals surface area contributed by atoms with Crippen LogP contribution in [0, 0.1) is 5.92 Å². The topological polar surface area (TPSA) is 101 Å².